The van der Waals surface area contributed by atoms with E-state index < -0.39 is 0 Å². The molecule has 3 aromatic carbocycles. The highest BCUT2D eigenvalue weighted by molar-refractivity contribution is 7.13. The number of hydrogen-bond acceptors (Lipinski definition) is 5. The fraction of sp³-hybridized carbons (Fsp3) is 0.103. The minimum atomic E-state index is 0.0177. The molecule has 1 atom stereocenters. The molecule has 1 unspecified atom stereocenters. The van der Waals surface area contributed by atoms with E-state index in [4.69, 9.17) is 14.9 Å². The molecule has 0 radical (unpaired) electrons. The van der Waals surface area contributed by atoms with Crippen molar-refractivity contribution in [1.82, 2.24) is 9.78 Å². The summed E-state index contributed by atoms with van der Waals surface area (Å²) in [5.74, 6) is 0.841. The van der Waals surface area contributed by atoms with Crippen molar-refractivity contribution in [1.29, 1.82) is 0 Å². The predicted octanol–water partition coefficient (Wildman–Crippen LogP) is 6.97. The summed E-state index contributed by atoms with van der Waals surface area (Å²) in [5.41, 5.74) is 6.41. The molecule has 0 spiro atoms. The quantitative estimate of drug-likeness (QED) is 0.266. The van der Waals surface area contributed by atoms with Crippen molar-refractivity contribution in [2.24, 2.45) is 5.10 Å². The highest BCUT2D eigenvalue weighted by atomic mass is 32.1. The maximum atomic E-state index is 5.35. The lowest BCUT2D eigenvalue weighted by Gasteiger charge is -2.23. The van der Waals surface area contributed by atoms with Crippen LogP contribution < -0.4 is 9.75 Å². The van der Waals surface area contributed by atoms with E-state index in [-0.39, 0.29) is 6.04 Å². The van der Waals surface area contributed by atoms with Crippen molar-refractivity contribution in [2.75, 3.05) is 12.1 Å². The van der Waals surface area contributed by atoms with E-state index in [1.807, 2.05) is 41.1 Å². The molecule has 0 amide bonds. The number of hydrazone groups is 1. The first-order valence-electron chi connectivity index (χ1n) is 11.6. The lowest BCUT2D eigenvalue weighted by Crippen LogP contribution is -2.18. The molecule has 5 nitrogen and oxygen atoms in total. The van der Waals surface area contributed by atoms with Crippen LogP contribution in [0.5, 0.6) is 5.75 Å². The van der Waals surface area contributed by atoms with Gasteiger partial charge in [0.1, 0.15) is 11.4 Å². The second-order valence-electron chi connectivity index (χ2n) is 8.37. The number of rotatable bonds is 6. The van der Waals surface area contributed by atoms with Gasteiger partial charge in [0.25, 0.3) is 0 Å². The van der Waals surface area contributed by atoms with Gasteiger partial charge in [0.2, 0.25) is 0 Å². The first kappa shape index (κ1) is 21.4. The minimum Gasteiger partial charge on any atom is -0.497 e. The van der Waals surface area contributed by atoms with Crippen molar-refractivity contribution in [2.45, 2.75) is 12.5 Å². The lowest BCUT2D eigenvalue weighted by atomic mass is 9.98. The molecule has 35 heavy (non-hydrogen) atoms. The molecule has 6 rings (SSSR count). The molecule has 5 aromatic rings. The number of thiophene rings is 1. The van der Waals surface area contributed by atoms with Crippen molar-refractivity contribution in [3.63, 3.8) is 0 Å². The van der Waals surface area contributed by atoms with Crippen LogP contribution in [0.15, 0.2) is 114 Å². The van der Waals surface area contributed by atoms with E-state index in [1.54, 1.807) is 18.4 Å². The van der Waals surface area contributed by atoms with Crippen molar-refractivity contribution >= 4 is 22.7 Å². The number of aromatic nitrogens is 2. The molecule has 2 aromatic heterocycles. The summed E-state index contributed by atoms with van der Waals surface area (Å²) < 4.78 is 7.34. The molecular formula is C29H24N4OS. The Kier molecular flexibility index (Phi) is 5.64. The third-order valence-corrected chi connectivity index (χ3v) is 7.11. The van der Waals surface area contributed by atoms with Crippen molar-refractivity contribution < 1.29 is 4.74 Å². The van der Waals surface area contributed by atoms with Gasteiger partial charge in [-0.3, -0.25) is 5.01 Å². The Morgan fingerprint density at radius 2 is 1.54 bits per heavy atom. The van der Waals surface area contributed by atoms with Crippen LogP contribution in [-0.2, 0) is 0 Å². The van der Waals surface area contributed by atoms with Crippen LogP contribution in [0.1, 0.15) is 23.6 Å². The number of ether oxygens (including phenoxy) is 1. The summed E-state index contributed by atoms with van der Waals surface area (Å²) in [4.78, 5) is 1.15. The summed E-state index contributed by atoms with van der Waals surface area (Å²) in [6.07, 6.45) is 2.94. The molecule has 0 saturated carbocycles. The fourth-order valence-electron chi connectivity index (χ4n) is 4.48. The summed E-state index contributed by atoms with van der Waals surface area (Å²) in [6, 6.07) is 33.0. The highest BCUT2D eigenvalue weighted by Gasteiger charge is 2.33. The van der Waals surface area contributed by atoms with Gasteiger partial charge in [-0.1, -0.05) is 42.5 Å². The van der Waals surface area contributed by atoms with E-state index in [0.29, 0.717) is 0 Å². The van der Waals surface area contributed by atoms with Crippen LogP contribution in [0.2, 0.25) is 0 Å². The van der Waals surface area contributed by atoms with Gasteiger partial charge >= 0.3 is 0 Å². The van der Waals surface area contributed by atoms with Gasteiger partial charge in [0, 0.05) is 18.2 Å². The Bertz CT molecular complexity index is 1440. The summed E-state index contributed by atoms with van der Waals surface area (Å²) in [7, 11) is 1.69. The normalized spacial score (nSPS) is 15.3. The van der Waals surface area contributed by atoms with Gasteiger partial charge in [-0.2, -0.15) is 10.2 Å². The number of anilines is 1. The average molecular weight is 477 g/mol. The average Bonchev–Trinajstić information content (AvgIpc) is 3.69. The zero-order chi connectivity index (χ0) is 23.6. The van der Waals surface area contributed by atoms with E-state index in [0.717, 1.165) is 51.0 Å². The fourth-order valence-corrected chi connectivity index (χ4v) is 5.21. The Morgan fingerprint density at radius 1 is 0.829 bits per heavy atom. The molecule has 1 aliphatic rings. The third kappa shape index (κ3) is 4.13. The molecule has 0 aliphatic carbocycles. The standard InChI is InChI=1S/C29H24N4OS/c1-34-24-16-14-21(15-17-24)26-19-27(33(30-26)23-11-6-3-7-12-23)25-20-32(22-9-4-2-5-10-22)31-29(25)28-13-8-18-35-28/h2-18,20,27H,19H2,1H3. The van der Waals surface area contributed by atoms with Crippen LogP contribution in [-0.4, -0.2) is 22.6 Å². The first-order valence-corrected chi connectivity index (χ1v) is 12.4. The molecule has 1 aliphatic heterocycles. The zero-order valence-corrected chi connectivity index (χ0v) is 20.1. The Hall–Kier alpha value is -4.16. The largest absolute Gasteiger partial charge is 0.497 e. The SMILES string of the molecule is COc1ccc(C2=NN(c3ccccc3)C(c3cn(-c4ccccc4)nc3-c3cccs3)C2)cc1. The molecular weight excluding hydrogens is 452 g/mol. The second-order valence-corrected chi connectivity index (χ2v) is 9.31. The van der Waals surface area contributed by atoms with Crippen LogP contribution in [0.4, 0.5) is 5.69 Å². The molecule has 0 N–H and O–H groups in total. The number of methoxy groups -OCH3 is 1. The first-order chi connectivity index (χ1) is 17.3. The molecule has 6 heteroatoms. The lowest BCUT2D eigenvalue weighted by molar-refractivity contribution is 0.415. The van der Waals surface area contributed by atoms with Crippen LogP contribution in [0.3, 0.4) is 0 Å². The van der Waals surface area contributed by atoms with E-state index >= 15 is 0 Å². The van der Waals surface area contributed by atoms with Gasteiger partial charge in [0.05, 0.1) is 35.1 Å². The molecule has 3 heterocycles. The van der Waals surface area contributed by atoms with Gasteiger partial charge in [0.15, 0.2) is 0 Å². The Labute approximate surface area is 208 Å². The number of hydrogen-bond donors (Lipinski definition) is 0. The van der Waals surface area contributed by atoms with E-state index in [1.165, 1.54) is 0 Å². The summed E-state index contributed by atoms with van der Waals surface area (Å²) in [5, 5.41) is 14.4. The van der Waals surface area contributed by atoms with Gasteiger partial charge < -0.3 is 4.74 Å². The van der Waals surface area contributed by atoms with Crippen molar-refractivity contribution in [3.05, 3.63) is 120 Å². The van der Waals surface area contributed by atoms with Gasteiger partial charge in [-0.05, 0) is 65.5 Å². The number of benzene rings is 3. The van der Waals surface area contributed by atoms with Crippen molar-refractivity contribution in [3.8, 4) is 22.0 Å². The van der Waals surface area contributed by atoms with Crippen LogP contribution >= 0.6 is 11.3 Å². The highest BCUT2D eigenvalue weighted by Crippen LogP contribution is 2.41. The van der Waals surface area contributed by atoms with E-state index in [9.17, 15) is 0 Å². The Balaban J connectivity index is 1.46. The maximum Gasteiger partial charge on any atom is 0.118 e. The van der Waals surface area contributed by atoms with Crippen LogP contribution in [0, 0.1) is 0 Å². The molecule has 172 valence electrons. The number of nitrogens with zero attached hydrogens (tertiary/aromatic N) is 4. The maximum absolute atomic E-state index is 5.35. The summed E-state index contributed by atoms with van der Waals surface area (Å²) in [6.45, 7) is 0. The number of para-hydroxylation sites is 2. The third-order valence-electron chi connectivity index (χ3n) is 6.23. The molecule has 0 fully saturated rings. The van der Waals surface area contributed by atoms with Gasteiger partial charge in [-0.25, -0.2) is 4.68 Å². The monoisotopic (exact) mass is 476 g/mol. The van der Waals surface area contributed by atoms with E-state index in [2.05, 4.69) is 77.2 Å². The zero-order valence-electron chi connectivity index (χ0n) is 19.3. The second kappa shape index (κ2) is 9.24. The molecule has 0 saturated heterocycles. The topological polar surface area (TPSA) is 42.6 Å². The smallest absolute Gasteiger partial charge is 0.118 e. The molecule has 0 bridgehead atoms. The minimum absolute atomic E-state index is 0.0177. The summed E-state index contributed by atoms with van der Waals surface area (Å²) >= 11 is 1.71. The van der Waals surface area contributed by atoms with Gasteiger partial charge in [-0.15, -0.1) is 11.3 Å². The van der Waals surface area contributed by atoms with Crippen LogP contribution in [0.25, 0.3) is 16.3 Å². The predicted molar refractivity (Wildman–Crippen MR) is 143 cm³/mol. The Morgan fingerprint density at radius 3 is 2.20 bits per heavy atom.